The average Bonchev–Trinajstić information content (AvgIpc) is 2.67. The average molecular weight is 259 g/mol. The van der Waals surface area contributed by atoms with Crippen molar-refractivity contribution in [3.63, 3.8) is 0 Å². The SMILES string of the molecule is CCCC(=O)O[C@H]1CN2CC[C@H](O)[C@@H]2[C@@H](O)C1O. The molecule has 2 aliphatic heterocycles. The van der Waals surface area contributed by atoms with E-state index in [2.05, 4.69) is 0 Å². The molecule has 0 radical (unpaired) electrons. The molecule has 0 spiro atoms. The van der Waals surface area contributed by atoms with Crippen molar-refractivity contribution in [2.75, 3.05) is 13.1 Å². The number of hydrogen-bond donors (Lipinski definition) is 3. The highest BCUT2D eigenvalue weighted by Gasteiger charge is 2.49. The van der Waals surface area contributed by atoms with Crippen LogP contribution < -0.4 is 0 Å². The number of fused-ring (bicyclic) bond motifs is 1. The predicted octanol–water partition coefficient (Wildman–Crippen LogP) is -1.13. The van der Waals surface area contributed by atoms with E-state index in [1.54, 1.807) is 0 Å². The summed E-state index contributed by atoms with van der Waals surface area (Å²) in [6.07, 6.45) is -1.96. The van der Waals surface area contributed by atoms with E-state index in [0.717, 1.165) is 0 Å². The molecule has 0 aromatic carbocycles. The zero-order valence-electron chi connectivity index (χ0n) is 10.5. The molecule has 2 aliphatic rings. The van der Waals surface area contributed by atoms with Gasteiger partial charge in [0.05, 0.1) is 12.1 Å². The van der Waals surface area contributed by atoms with Gasteiger partial charge in [-0.1, -0.05) is 6.92 Å². The fourth-order valence-corrected chi connectivity index (χ4v) is 2.82. The highest BCUT2D eigenvalue weighted by Crippen LogP contribution is 2.29. The summed E-state index contributed by atoms with van der Waals surface area (Å²) in [4.78, 5) is 13.3. The van der Waals surface area contributed by atoms with E-state index >= 15 is 0 Å². The molecule has 0 bridgehead atoms. The Morgan fingerprint density at radius 2 is 2.06 bits per heavy atom. The lowest BCUT2D eigenvalue weighted by Crippen LogP contribution is -2.62. The lowest BCUT2D eigenvalue weighted by atomic mass is 9.93. The Kier molecular flexibility index (Phi) is 4.21. The number of carbonyl (C=O) groups excluding carboxylic acids is 1. The minimum atomic E-state index is -1.13. The van der Waals surface area contributed by atoms with E-state index in [4.69, 9.17) is 4.74 Å². The van der Waals surface area contributed by atoms with Gasteiger partial charge in [0.15, 0.2) is 0 Å². The molecule has 104 valence electrons. The number of carbonyl (C=O) groups is 1. The van der Waals surface area contributed by atoms with Crippen LogP contribution in [-0.4, -0.2) is 69.7 Å². The Balaban J connectivity index is 2.00. The van der Waals surface area contributed by atoms with E-state index in [-0.39, 0.29) is 5.97 Å². The van der Waals surface area contributed by atoms with Crippen LogP contribution >= 0.6 is 0 Å². The summed E-state index contributed by atoms with van der Waals surface area (Å²) in [6.45, 7) is 2.90. The predicted molar refractivity (Wildman–Crippen MR) is 62.8 cm³/mol. The Morgan fingerprint density at radius 1 is 1.33 bits per heavy atom. The first-order valence-corrected chi connectivity index (χ1v) is 6.52. The summed E-state index contributed by atoms with van der Waals surface area (Å²) < 4.78 is 5.19. The Hall–Kier alpha value is -0.690. The third kappa shape index (κ3) is 2.51. The van der Waals surface area contributed by atoms with Crippen LogP contribution in [0.4, 0.5) is 0 Å². The van der Waals surface area contributed by atoms with Gasteiger partial charge in [0.1, 0.15) is 18.3 Å². The number of ether oxygens (including phenoxy) is 1. The van der Waals surface area contributed by atoms with Crippen LogP contribution in [-0.2, 0) is 9.53 Å². The second-order valence-electron chi connectivity index (χ2n) is 5.10. The monoisotopic (exact) mass is 259 g/mol. The standard InChI is InChI=1S/C12H21NO5/c1-2-3-9(15)18-8-6-13-5-4-7(14)10(13)12(17)11(8)16/h7-8,10-12,14,16-17H,2-6H2,1H3/t7-,8-,10+,11?,12+/m0/s1. The third-order valence-electron chi connectivity index (χ3n) is 3.76. The maximum Gasteiger partial charge on any atom is 0.306 e. The topological polar surface area (TPSA) is 90.2 Å². The number of piperidine rings is 1. The summed E-state index contributed by atoms with van der Waals surface area (Å²) in [6, 6.07) is -0.443. The van der Waals surface area contributed by atoms with Crippen LogP contribution in [0.5, 0.6) is 0 Å². The van der Waals surface area contributed by atoms with E-state index in [9.17, 15) is 20.1 Å². The Morgan fingerprint density at radius 3 is 2.72 bits per heavy atom. The van der Waals surface area contributed by atoms with Crippen molar-refractivity contribution in [1.82, 2.24) is 4.90 Å². The molecule has 2 fully saturated rings. The third-order valence-corrected chi connectivity index (χ3v) is 3.76. The van der Waals surface area contributed by atoms with Gasteiger partial charge in [0.2, 0.25) is 0 Å². The molecular weight excluding hydrogens is 238 g/mol. The van der Waals surface area contributed by atoms with E-state index < -0.39 is 30.5 Å². The summed E-state index contributed by atoms with van der Waals surface area (Å²) in [5, 5.41) is 29.7. The highest BCUT2D eigenvalue weighted by molar-refractivity contribution is 5.69. The van der Waals surface area contributed by atoms with Gasteiger partial charge in [-0.15, -0.1) is 0 Å². The number of aliphatic hydroxyl groups excluding tert-OH is 3. The van der Waals surface area contributed by atoms with Crippen LogP contribution in [0.1, 0.15) is 26.2 Å². The van der Waals surface area contributed by atoms with Crippen molar-refractivity contribution in [3.05, 3.63) is 0 Å². The summed E-state index contributed by atoms with van der Waals surface area (Å²) >= 11 is 0. The van der Waals surface area contributed by atoms with Crippen molar-refractivity contribution in [3.8, 4) is 0 Å². The molecule has 5 atom stereocenters. The molecule has 0 saturated carbocycles. The van der Waals surface area contributed by atoms with Gasteiger partial charge in [-0.2, -0.15) is 0 Å². The number of nitrogens with zero attached hydrogens (tertiary/aromatic N) is 1. The number of aliphatic hydroxyl groups is 3. The molecule has 0 aromatic heterocycles. The molecule has 2 heterocycles. The van der Waals surface area contributed by atoms with Gasteiger partial charge in [0, 0.05) is 19.5 Å². The smallest absolute Gasteiger partial charge is 0.306 e. The van der Waals surface area contributed by atoms with Crippen LogP contribution in [0.15, 0.2) is 0 Å². The second kappa shape index (κ2) is 5.52. The van der Waals surface area contributed by atoms with Gasteiger partial charge >= 0.3 is 5.97 Å². The molecule has 3 N–H and O–H groups in total. The molecule has 0 amide bonds. The first-order valence-electron chi connectivity index (χ1n) is 6.52. The van der Waals surface area contributed by atoms with Crippen molar-refractivity contribution in [2.24, 2.45) is 0 Å². The zero-order chi connectivity index (χ0) is 13.3. The van der Waals surface area contributed by atoms with E-state index in [1.807, 2.05) is 11.8 Å². The second-order valence-corrected chi connectivity index (χ2v) is 5.10. The summed E-state index contributed by atoms with van der Waals surface area (Å²) in [7, 11) is 0. The molecule has 18 heavy (non-hydrogen) atoms. The first-order chi connectivity index (χ1) is 8.54. The largest absolute Gasteiger partial charge is 0.458 e. The zero-order valence-corrected chi connectivity index (χ0v) is 10.5. The first kappa shape index (κ1) is 13.7. The van der Waals surface area contributed by atoms with Crippen molar-refractivity contribution in [1.29, 1.82) is 0 Å². The minimum absolute atomic E-state index is 0.311. The molecule has 2 rings (SSSR count). The maximum atomic E-state index is 11.4. The molecule has 0 aliphatic carbocycles. The van der Waals surface area contributed by atoms with Crippen LogP contribution in [0.3, 0.4) is 0 Å². The van der Waals surface area contributed by atoms with Gasteiger partial charge in [0.25, 0.3) is 0 Å². The highest BCUT2D eigenvalue weighted by atomic mass is 16.6. The molecular formula is C12H21NO5. The normalized spacial score (nSPS) is 40.6. The lowest BCUT2D eigenvalue weighted by Gasteiger charge is -2.42. The van der Waals surface area contributed by atoms with Crippen LogP contribution in [0, 0.1) is 0 Å². The number of rotatable bonds is 3. The fraction of sp³-hybridized carbons (Fsp3) is 0.917. The van der Waals surface area contributed by atoms with Crippen molar-refractivity contribution < 1.29 is 24.9 Å². The summed E-state index contributed by atoms with van der Waals surface area (Å²) in [5.41, 5.74) is 0. The molecule has 6 nitrogen and oxygen atoms in total. The molecule has 1 unspecified atom stereocenters. The van der Waals surface area contributed by atoms with Crippen molar-refractivity contribution in [2.45, 2.75) is 56.6 Å². The quantitative estimate of drug-likeness (QED) is 0.556. The van der Waals surface area contributed by atoms with Gasteiger partial charge in [-0.25, -0.2) is 0 Å². The lowest BCUT2D eigenvalue weighted by molar-refractivity contribution is -0.178. The summed E-state index contributed by atoms with van der Waals surface area (Å²) in [5.74, 6) is -0.355. The Bertz CT molecular complexity index is 311. The maximum absolute atomic E-state index is 11.4. The number of hydrogen-bond acceptors (Lipinski definition) is 6. The fourth-order valence-electron chi connectivity index (χ4n) is 2.82. The van der Waals surface area contributed by atoms with Crippen LogP contribution in [0.2, 0.25) is 0 Å². The minimum Gasteiger partial charge on any atom is -0.458 e. The number of esters is 1. The molecule has 2 saturated heterocycles. The van der Waals surface area contributed by atoms with Gasteiger partial charge in [-0.3, -0.25) is 9.69 Å². The van der Waals surface area contributed by atoms with E-state index in [1.165, 1.54) is 0 Å². The van der Waals surface area contributed by atoms with Crippen LogP contribution in [0.25, 0.3) is 0 Å². The molecule has 0 aromatic rings. The molecule has 6 heteroatoms. The van der Waals surface area contributed by atoms with Crippen molar-refractivity contribution >= 4 is 5.97 Å². The Labute approximate surface area is 106 Å². The van der Waals surface area contributed by atoms with Gasteiger partial charge in [-0.05, 0) is 12.8 Å². The van der Waals surface area contributed by atoms with E-state index in [0.29, 0.717) is 32.4 Å². The van der Waals surface area contributed by atoms with Gasteiger partial charge < -0.3 is 20.1 Å².